The average Bonchev–Trinajstić information content (AvgIpc) is 3.84. The minimum Gasteiger partial charge on any atom is -0.473 e. The van der Waals surface area contributed by atoms with Gasteiger partial charge in [0.05, 0.1) is 25.4 Å². The Morgan fingerprint density at radius 1 is 1.04 bits per heavy atom. The van der Waals surface area contributed by atoms with Crippen molar-refractivity contribution in [2.24, 2.45) is 21.8 Å². The maximum Gasteiger partial charge on any atom is 0.352 e. The zero-order valence-corrected chi connectivity index (χ0v) is 31.3. The largest absolute Gasteiger partial charge is 0.473 e. The van der Waals surface area contributed by atoms with Gasteiger partial charge in [-0.3, -0.25) is 23.9 Å². The number of aromatic amines is 1. The second kappa shape index (κ2) is 23.5. The molecule has 15 heteroatoms. The topological polar surface area (TPSA) is 162 Å². The molecule has 3 aliphatic heterocycles. The third-order valence-corrected chi connectivity index (χ3v) is 7.08. The van der Waals surface area contributed by atoms with Crippen molar-refractivity contribution in [2.75, 3.05) is 19.8 Å². The molecule has 2 saturated heterocycles. The molecule has 6 unspecified atom stereocenters. The minimum absolute atomic E-state index is 0. The van der Waals surface area contributed by atoms with Crippen LogP contribution in [-0.2, 0) is 9.47 Å². The van der Waals surface area contributed by atoms with E-state index in [4.69, 9.17) is 20.7 Å². The number of hydrogen-bond donors (Lipinski definition) is 2. The van der Waals surface area contributed by atoms with Gasteiger partial charge in [0.15, 0.2) is 0 Å². The molecule has 2 aromatic heterocycles. The van der Waals surface area contributed by atoms with E-state index in [-0.39, 0.29) is 73.6 Å². The van der Waals surface area contributed by atoms with Gasteiger partial charge < -0.3 is 19.3 Å². The van der Waals surface area contributed by atoms with Crippen molar-refractivity contribution in [3.63, 3.8) is 0 Å². The molecule has 3 aliphatic rings. The fraction of sp³-hybridized carbons (Fsp3) is 0.548. The Morgan fingerprint density at radius 3 is 2.00 bits per heavy atom. The first kappa shape index (κ1) is 41.2. The molecule has 2 N–H and O–H groups in total. The van der Waals surface area contributed by atoms with Crippen LogP contribution in [-0.4, -0.2) is 78.4 Å². The molecule has 0 spiro atoms. The Morgan fingerprint density at radius 2 is 1.61 bits per heavy atom. The van der Waals surface area contributed by atoms with Crippen molar-refractivity contribution in [1.82, 2.24) is 19.1 Å². The summed E-state index contributed by atoms with van der Waals surface area (Å²) in [5.74, 6) is 1.21. The number of nitrogens with zero attached hydrogens (tertiary/aromatic N) is 5. The number of aliphatic hydroxyl groups is 1. The van der Waals surface area contributed by atoms with Gasteiger partial charge in [0, 0.05) is 70.2 Å². The Labute approximate surface area is 297 Å². The number of aliphatic imine (C=N–C) groups is 2. The van der Waals surface area contributed by atoms with Crippen molar-refractivity contribution >= 4 is 20.9 Å². The predicted molar refractivity (Wildman–Crippen MR) is 178 cm³/mol. The van der Waals surface area contributed by atoms with Crippen molar-refractivity contribution in [3.05, 3.63) is 81.2 Å². The summed E-state index contributed by atoms with van der Waals surface area (Å²) in [6, 6.07) is 3.02. The number of nitrogens with one attached hydrogen (secondary N) is 1. The van der Waals surface area contributed by atoms with Gasteiger partial charge in [-0.25, -0.2) is 14.6 Å². The molecule has 0 bridgehead atoms. The van der Waals surface area contributed by atoms with Crippen LogP contribution < -0.4 is 21.7 Å². The van der Waals surface area contributed by atoms with E-state index >= 15 is 0 Å². The third kappa shape index (κ3) is 13.9. The molecule has 2 aromatic rings. The van der Waals surface area contributed by atoms with E-state index < -0.39 is 5.69 Å². The van der Waals surface area contributed by atoms with Gasteiger partial charge in [0.1, 0.15) is 25.4 Å². The second-order valence-electron chi connectivity index (χ2n) is 10.4. The van der Waals surface area contributed by atoms with E-state index in [2.05, 4.69) is 69.2 Å². The van der Waals surface area contributed by atoms with Crippen molar-refractivity contribution in [3.8, 4) is 5.88 Å². The molecule has 0 amide bonds. The molecular formula is C31H47BN6O7U. The number of hydrogen-bond acceptors (Lipinski definition) is 10. The molecule has 6 atom stereocenters. The van der Waals surface area contributed by atoms with Gasteiger partial charge >= 0.3 is 11.4 Å². The summed E-state index contributed by atoms with van der Waals surface area (Å²) in [5, 5.41) is 7.76. The molecule has 5 rings (SSSR count). The molecule has 2 fully saturated rings. The summed E-state index contributed by atoms with van der Waals surface area (Å²) in [6.45, 7) is 16.4. The Hall–Kier alpha value is -2.82. The van der Waals surface area contributed by atoms with Crippen LogP contribution in [0.3, 0.4) is 0 Å². The Kier molecular flexibility index (Phi) is 21.0. The van der Waals surface area contributed by atoms with Crippen LogP contribution in [0.2, 0.25) is 0 Å². The van der Waals surface area contributed by atoms with Gasteiger partial charge in [-0.2, -0.15) is 4.98 Å². The van der Waals surface area contributed by atoms with Gasteiger partial charge in [-0.15, -0.1) is 6.58 Å². The van der Waals surface area contributed by atoms with Gasteiger partial charge in [-0.05, 0) is 38.9 Å². The van der Waals surface area contributed by atoms with E-state index in [1.165, 1.54) is 27.5 Å². The zero-order chi connectivity index (χ0) is 34.5. The van der Waals surface area contributed by atoms with Crippen molar-refractivity contribution < 1.29 is 50.4 Å². The smallest absolute Gasteiger partial charge is 0.352 e. The monoisotopic (exact) mass is 865 g/mol. The summed E-state index contributed by atoms with van der Waals surface area (Å²) in [5.41, 5.74) is -1.11. The molecule has 46 heavy (non-hydrogen) atoms. The molecule has 5 heterocycles. The van der Waals surface area contributed by atoms with Gasteiger partial charge in [0.25, 0.3) is 5.56 Å². The second-order valence-corrected chi connectivity index (χ2v) is 10.4. The Bertz CT molecular complexity index is 1410. The number of aromatic nitrogens is 4. The summed E-state index contributed by atoms with van der Waals surface area (Å²) in [4.78, 5) is 48.0. The average molecular weight is 866 g/mol. The summed E-state index contributed by atoms with van der Waals surface area (Å²) in [7, 11) is 3.75. The van der Waals surface area contributed by atoms with Crippen LogP contribution in [0, 0.1) is 42.9 Å². The van der Waals surface area contributed by atoms with Crippen molar-refractivity contribution in [2.45, 2.75) is 78.0 Å². The van der Waals surface area contributed by atoms with Crippen LogP contribution in [0.4, 0.5) is 0 Å². The normalized spacial score (nSPS) is 23.7. The van der Waals surface area contributed by atoms with E-state index in [9.17, 15) is 14.4 Å². The SMILES string of the molecule is C1=NC=NC1.C=CCO.C=CCOc1ccn(C2CC(C)C(CC)O2)c(=O)n1.CCC1OC(n2ccc(=O)[nH]c2=O)CC1C.[2H][B].[U]. The molecule has 0 aliphatic carbocycles. The summed E-state index contributed by atoms with van der Waals surface area (Å²) < 4.78 is 25.1. The van der Waals surface area contributed by atoms with Crippen LogP contribution >= 0.6 is 0 Å². The summed E-state index contributed by atoms with van der Waals surface area (Å²) in [6.07, 6.45) is 13.0. The quantitative estimate of drug-likeness (QED) is 0.303. The van der Waals surface area contributed by atoms with E-state index in [1.54, 1.807) is 30.9 Å². The van der Waals surface area contributed by atoms with Crippen LogP contribution in [0.15, 0.2) is 74.2 Å². The summed E-state index contributed by atoms with van der Waals surface area (Å²) >= 11 is 0. The number of H-pyrrole nitrogens is 1. The third-order valence-electron chi connectivity index (χ3n) is 7.08. The molecule has 250 valence electrons. The first-order valence-electron chi connectivity index (χ1n) is 15.4. The molecule has 13 nitrogen and oxygen atoms in total. The van der Waals surface area contributed by atoms with Gasteiger partial charge in [-0.1, -0.05) is 46.4 Å². The number of aliphatic hydroxyl groups excluding tert-OH is 1. The predicted octanol–water partition coefficient (Wildman–Crippen LogP) is 2.63. The van der Waals surface area contributed by atoms with E-state index in [0.29, 0.717) is 24.3 Å². The molecular weight excluding hydrogens is 817 g/mol. The molecule has 2 radical (unpaired) electrons. The van der Waals surface area contributed by atoms with Crippen molar-refractivity contribution in [1.29, 1.82) is 1.34 Å². The standard InChI is InChI=1S/C14H20N2O3.C11H16N2O3.C3H4N2.C3H6O.BH.U/c1-4-8-18-12-6-7-16(14(17)15-12)13-9-10(3)11(5-2)19-13;1-3-8-7(2)6-10(16-8)13-5-4-9(14)12-11(13)15;1-2-5-3-4-1;1-2-3-4;;/h4,6-7,10-11,13H,1,5,8-9H2,2-3H3;4-5,7-8,10H,3,6H2,1-2H3,(H,12,14,15);1,3H,2H2;2,4H,1,3H2;1H;/i;;;;1D;. The zero-order valence-electron chi connectivity index (χ0n) is 28.2. The minimum atomic E-state index is -0.401. The molecule has 0 saturated carbocycles. The Balaban J connectivity index is 0.000000678. The first-order valence-corrected chi connectivity index (χ1v) is 14.9. The fourth-order valence-electron chi connectivity index (χ4n) is 4.81. The number of rotatable bonds is 8. The maximum absolute atomic E-state index is 12.0. The molecule has 0 aromatic carbocycles. The van der Waals surface area contributed by atoms with Crippen LogP contribution in [0.5, 0.6) is 5.88 Å². The fourth-order valence-corrected chi connectivity index (χ4v) is 4.81. The van der Waals surface area contributed by atoms with Gasteiger partial charge in [0.2, 0.25) is 5.88 Å². The van der Waals surface area contributed by atoms with Crippen LogP contribution in [0.25, 0.3) is 0 Å². The maximum atomic E-state index is 12.0. The van der Waals surface area contributed by atoms with E-state index in [1.807, 2.05) is 0 Å². The number of ether oxygens (including phenoxy) is 3. The first-order chi connectivity index (χ1) is 22.2. The van der Waals surface area contributed by atoms with E-state index in [0.717, 1.165) is 32.2 Å². The van der Waals surface area contributed by atoms with Crippen LogP contribution in [0.1, 0.15) is 65.8 Å².